The van der Waals surface area contributed by atoms with Crippen molar-refractivity contribution in [2.24, 2.45) is 0 Å². The topological polar surface area (TPSA) is 60.0 Å². The first-order chi connectivity index (χ1) is 18.3. The minimum atomic E-state index is -0.0685. The summed E-state index contributed by atoms with van der Waals surface area (Å²) in [5.74, 6) is 1.73. The smallest absolute Gasteiger partial charge is 0.231 e. The molecule has 2 aromatic carbocycles. The predicted octanol–water partition coefficient (Wildman–Crippen LogP) is 6.67. The van der Waals surface area contributed by atoms with Crippen LogP contribution in [0.5, 0.6) is 11.5 Å². The molecule has 4 rings (SSSR count). The number of morpholine rings is 1. The lowest BCUT2D eigenvalue weighted by Gasteiger charge is -2.27. The normalized spacial score (nSPS) is 16.4. The van der Waals surface area contributed by atoms with Gasteiger partial charge in [0.15, 0.2) is 11.5 Å². The van der Waals surface area contributed by atoms with E-state index >= 15 is 0 Å². The van der Waals surface area contributed by atoms with Crippen molar-refractivity contribution >= 4 is 11.6 Å². The minimum Gasteiger partial charge on any atom is -0.454 e. The number of nitrogens with one attached hydrogen (secondary N) is 1. The van der Waals surface area contributed by atoms with E-state index in [2.05, 4.69) is 62.2 Å². The van der Waals surface area contributed by atoms with Gasteiger partial charge in [-0.1, -0.05) is 71.2 Å². The molecule has 0 saturated carbocycles. The van der Waals surface area contributed by atoms with Crippen LogP contribution in [0, 0.1) is 0 Å². The van der Waals surface area contributed by atoms with Crippen molar-refractivity contribution in [2.45, 2.75) is 84.0 Å². The Balaban J connectivity index is 1.46. The fourth-order valence-electron chi connectivity index (χ4n) is 5.54. The van der Waals surface area contributed by atoms with E-state index in [-0.39, 0.29) is 24.0 Å². The Morgan fingerprint density at radius 2 is 1.87 bits per heavy atom. The number of unbranched alkanes of at least 4 members (excludes halogenated alkanes) is 2. The molecule has 0 aliphatic carbocycles. The molecule has 0 bridgehead atoms. The highest BCUT2D eigenvalue weighted by molar-refractivity contribution is 5.92. The number of fused-ring (bicyclic) bond motifs is 1. The molecule has 0 radical (unpaired) electrons. The Labute approximate surface area is 229 Å². The van der Waals surface area contributed by atoms with Crippen molar-refractivity contribution < 1.29 is 19.0 Å². The third kappa shape index (κ3) is 7.73. The zero-order valence-electron chi connectivity index (χ0n) is 23.8. The Morgan fingerprint density at radius 1 is 1.05 bits per heavy atom. The van der Waals surface area contributed by atoms with E-state index in [0.29, 0.717) is 6.42 Å². The fraction of sp³-hybridized carbons (Fsp3) is 0.594. The van der Waals surface area contributed by atoms with E-state index < -0.39 is 0 Å². The van der Waals surface area contributed by atoms with Crippen molar-refractivity contribution in [2.75, 3.05) is 45.0 Å². The number of amides is 1. The number of nitrogens with zero attached hydrogens (tertiary/aromatic N) is 1. The summed E-state index contributed by atoms with van der Waals surface area (Å²) in [6, 6.07) is 12.7. The molecule has 2 aromatic rings. The molecule has 38 heavy (non-hydrogen) atoms. The summed E-state index contributed by atoms with van der Waals surface area (Å²) in [5.41, 5.74) is 4.40. The van der Waals surface area contributed by atoms with E-state index in [1.54, 1.807) is 0 Å². The van der Waals surface area contributed by atoms with Gasteiger partial charge in [-0.3, -0.25) is 9.69 Å². The average molecular weight is 523 g/mol. The van der Waals surface area contributed by atoms with E-state index in [1.807, 2.05) is 12.1 Å². The van der Waals surface area contributed by atoms with Gasteiger partial charge in [-0.2, -0.15) is 0 Å². The summed E-state index contributed by atoms with van der Waals surface area (Å²) in [4.78, 5) is 16.0. The molecule has 2 aliphatic heterocycles. The van der Waals surface area contributed by atoms with Crippen LogP contribution in [-0.2, 0) is 21.4 Å². The molecule has 1 atom stereocenters. The molecule has 2 aliphatic rings. The van der Waals surface area contributed by atoms with Crippen LogP contribution >= 0.6 is 0 Å². The maximum Gasteiger partial charge on any atom is 0.231 e. The number of carbonyl (C=O) groups excluding carboxylic acids is 1. The van der Waals surface area contributed by atoms with E-state index in [4.69, 9.17) is 14.2 Å². The fourth-order valence-corrected chi connectivity index (χ4v) is 5.54. The van der Waals surface area contributed by atoms with Crippen LogP contribution in [0.2, 0.25) is 0 Å². The number of anilines is 1. The minimum absolute atomic E-state index is 0.0546. The molecule has 1 amide bonds. The summed E-state index contributed by atoms with van der Waals surface area (Å²) in [6.45, 7) is 13.8. The molecule has 1 unspecified atom stereocenters. The first kappa shape index (κ1) is 28.4. The quantitative estimate of drug-likeness (QED) is 0.316. The highest BCUT2D eigenvalue weighted by Crippen LogP contribution is 2.42. The maximum absolute atomic E-state index is 13.5. The van der Waals surface area contributed by atoms with Gasteiger partial charge in [-0.15, -0.1) is 0 Å². The number of rotatable bonds is 12. The molecule has 6 nitrogen and oxygen atoms in total. The van der Waals surface area contributed by atoms with Gasteiger partial charge in [0.05, 0.1) is 13.2 Å². The van der Waals surface area contributed by atoms with Gasteiger partial charge in [-0.05, 0) is 60.4 Å². The van der Waals surface area contributed by atoms with Crippen molar-refractivity contribution in [1.82, 2.24) is 4.90 Å². The molecule has 2 heterocycles. The summed E-state index contributed by atoms with van der Waals surface area (Å²) in [6.07, 6.45) is 6.87. The second-order valence-electron chi connectivity index (χ2n) is 11.7. The molecule has 0 spiro atoms. The van der Waals surface area contributed by atoms with Crippen LogP contribution in [-0.4, -0.2) is 50.4 Å². The number of hydrogen-bond acceptors (Lipinski definition) is 5. The van der Waals surface area contributed by atoms with Gasteiger partial charge in [0, 0.05) is 30.8 Å². The van der Waals surface area contributed by atoms with Crippen LogP contribution in [0.3, 0.4) is 0 Å². The Hall–Kier alpha value is -2.57. The molecule has 1 saturated heterocycles. The second-order valence-corrected chi connectivity index (χ2v) is 11.7. The van der Waals surface area contributed by atoms with Gasteiger partial charge in [0.25, 0.3) is 0 Å². The van der Waals surface area contributed by atoms with Crippen molar-refractivity contribution in [3.8, 4) is 11.5 Å². The van der Waals surface area contributed by atoms with Gasteiger partial charge < -0.3 is 19.5 Å². The zero-order chi connectivity index (χ0) is 27.0. The molecule has 208 valence electrons. The first-order valence-corrected chi connectivity index (χ1v) is 14.5. The lowest BCUT2D eigenvalue weighted by atomic mass is 9.84. The largest absolute Gasteiger partial charge is 0.454 e. The number of aryl methyl sites for hydroxylation is 1. The van der Waals surface area contributed by atoms with Gasteiger partial charge in [-0.25, -0.2) is 0 Å². The number of hydrogen-bond donors (Lipinski definition) is 1. The highest BCUT2D eigenvalue weighted by atomic mass is 16.7. The van der Waals surface area contributed by atoms with Crippen molar-refractivity contribution in [3.63, 3.8) is 0 Å². The average Bonchev–Trinajstić information content (AvgIpc) is 3.38. The zero-order valence-corrected chi connectivity index (χ0v) is 23.8. The second kappa shape index (κ2) is 13.5. The van der Waals surface area contributed by atoms with Crippen molar-refractivity contribution in [1.29, 1.82) is 0 Å². The maximum atomic E-state index is 13.5. The summed E-state index contributed by atoms with van der Waals surface area (Å²) in [7, 11) is 0. The van der Waals surface area contributed by atoms with Crippen molar-refractivity contribution in [3.05, 3.63) is 53.1 Å². The Kier molecular flexibility index (Phi) is 10.1. The first-order valence-electron chi connectivity index (χ1n) is 14.5. The summed E-state index contributed by atoms with van der Waals surface area (Å²) >= 11 is 0. The monoisotopic (exact) mass is 522 g/mol. The third-order valence-corrected chi connectivity index (χ3v) is 7.66. The van der Waals surface area contributed by atoms with E-state index in [0.717, 1.165) is 94.1 Å². The Morgan fingerprint density at radius 3 is 2.63 bits per heavy atom. The van der Waals surface area contributed by atoms with Crippen LogP contribution in [0.15, 0.2) is 36.4 Å². The molecule has 0 aromatic heterocycles. The van der Waals surface area contributed by atoms with Gasteiger partial charge in [0.1, 0.15) is 0 Å². The lowest BCUT2D eigenvalue weighted by molar-refractivity contribution is -0.116. The Bertz CT molecular complexity index is 1060. The molecular weight excluding hydrogens is 476 g/mol. The highest BCUT2D eigenvalue weighted by Gasteiger charge is 2.26. The molecular formula is C32H46N2O4. The van der Waals surface area contributed by atoms with E-state index in [1.165, 1.54) is 11.1 Å². The summed E-state index contributed by atoms with van der Waals surface area (Å²) in [5, 5.41) is 3.32. The van der Waals surface area contributed by atoms with Crippen LogP contribution < -0.4 is 14.8 Å². The van der Waals surface area contributed by atoms with Crippen LogP contribution in [0.4, 0.5) is 5.69 Å². The molecule has 1 N–H and O–H groups in total. The van der Waals surface area contributed by atoms with Crippen LogP contribution in [0.25, 0.3) is 0 Å². The SMILES string of the molecule is CCCCCC(CC(=O)Nc1cc(CCCN2CCOCC2)ccc1C(C)(C)C)c1cccc2c1OCO2. The molecule has 6 heteroatoms. The standard InChI is InChI=1S/C32H46N2O4/c1-5-6-7-11-25(26-12-8-13-29-31(26)38-23-37-29)22-30(35)33-28-21-24(14-15-27(28)32(2,3)4)10-9-16-34-17-19-36-20-18-34/h8,12-15,21,25H,5-7,9-11,16-20,22-23H2,1-4H3,(H,33,35). The van der Waals surface area contributed by atoms with Crippen LogP contribution in [0.1, 0.15) is 88.8 Å². The predicted molar refractivity (Wildman–Crippen MR) is 153 cm³/mol. The number of para-hydroxylation sites is 1. The summed E-state index contributed by atoms with van der Waals surface area (Å²) < 4.78 is 16.9. The third-order valence-electron chi connectivity index (χ3n) is 7.66. The van der Waals surface area contributed by atoms with Gasteiger partial charge >= 0.3 is 0 Å². The molecule has 1 fully saturated rings. The number of benzene rings is 2. The lowest BCUT2D eigenvalue weighted by Crippen LogP contribution is -2.36. The number of carbonyl (C=O) groups is 1. The number of ether oxygens (including phenoxy) is 3. The van der Waals surface area contributed by atoms with Gasteiger partial charge in [0.2, 0.25) is 12.7 Å². The van der Waals surface area contributed by atoms with E-state index in [9.17, 15) is 4.79 Å².